The van der Waals surface area contributed by atoms with Crippen LogP contribution >= 0.6 is 11.6 Å². The largest absolute Gasteiger partial charge is 0.352 e. The summed E-state index contributed by atoms with van der Waals surface area (Å²) in [5, 5.41) is 6.54. The van der Waals surface area contributed by atoms with Crippen molar-refractivity contribution in [3.8, 4) is 0 Å². The Morgan fingerprint density at radius 3 is 2.68 bits per heavy atom. The fourth-order valence-corrected chi connectivity index (χ4v) is 2.95. The maximum Gasteiger partial charge on any atom is 0.254 e. The SMILES string of the molecule is O=C(NCCC1=CCCCC1)c1cnc(Nc2ccccc2Cl)nc1. The highest BCUT2D eigenvalue weighted by atomic mass is 35.5. The van der Waals surface area contributed by atoms with Gasteiger partial charge in [-0.1, -0.05) is 35.4 Å². The first-order chi connectivity index (χ1) is 12.2. The standard InChI is InChI=1S/C19H21ClN4O/c20-16-8-4-5-9-17(16)24-19-22-12-15(13-23-19)18(25)21-11-10-14-6-2-1-3-7-14/h4-6,8-9,12-13H,1-3,7,10-11H2,(H,21,25)(H,22,23,24). The van der Waals surface area contributed by atoms with Gasteiger partial charge in [-0.2, -0.15) is 0 Å². The van der Waals surface area contributed by atoms with Gasteiger partial charge in [0, 0.05) is 18.9 Å². The second kappa shape index (κ2) is 8.62. The average molecular weight is 357 g/mol. The van der Waals surface area contributed by atoms with E-state index in [9.17, 15) is 4.79 Å². The van der Waals surface area contributed by atoms with Crippen molar-refractivity contribution in [2.45, 2.75) is 32.1 Å². The molecule has 1 amide bonds. The van der Waals surface area contributed by atoms with E-state index in [0.717, 1.165) is 24.9 Å². The number of allylic oxidation sites excluding steroid dienone is 1. The van der Waals surface area contributed by atoms with Gasteiger partial charge in [0.25, 0.3) is 5.91 Å². The number of hydrogen-bond donors (Lipinski definition) is 2. The zero-order valence-corrected chi connectivity index (χ0v) is 14.7. The van der Waals surface area contributed by atoms with E-state index in [1.807, 2.05) is 18.2 Å². The van der Waals surface area contributed by atoms with Gasteiger partial charge in [-0.3, -0.25) is 4.79 Å². The molecule has 0 saturated carbocycles. The number of para-hydroxylation sites is 1. The Bertz CT molecular complexity index is 758. The third-order valence-corrected chi connectivity index (χ3v) is 4.48. The van der Waals surface area contributed by atoms with Crippen molar-refractivity contribution in [1.29, 1.82) is 0 Å². The summed E-state index contributed by atoms with van der Waals surface area (Å²) in [6.45, 7) is 0.643. The number of anilines is 2. The number of hydrogen-bond acceptors (Lipinski definition) is 4. The predicted molar refractivity (Wildman–Crippen MR) is 100 cm³/mol. The number of carbonyl (C=O) groups excluding carboxylic acids is 1. The molecular formula is C19H21ClN4O. The molecule has 0 fully saturated rings. The van der Waals surface area contributed by atoms with Crippen LogP contribution in [0.1, 0.15) is 42.5 Å². The smallest absolute Gasteiger partial charge is 0.254 e. The van der Waals surface area contributed by atoms with Crippen LogP contribution in [-0.4, -0.2) is 22.4 Å². The van der Waals surface area contributed by atoms with Crippen LogP contribution in [0.25, 0.3) is 0 Å². The van der Waals surface area contributed by atoms with Gasteiger partial charge in [0.2, 0.25) is 5.95 Å². The molecule has 3 rings (SSSR count). The Morgan fingerprint density at radius 2 is 1.96 bits per heavy atom. The minimum atomic E-state index is -0.152. The highest BCUT2D eigenvalue weighted by Gasteiger charge is 2.09. The van der Waals surface area contributed by atoms with Crippen LogP contribution in [0, 0.1) is 0 Å². The fraction of sp³-hybridized carbons (Fsp3) is 0.316. The Labute approximate surface area is 152 Å². The van der Waals surface area contributed by atoms with Crippen molar-refractivity contribution in [3.05, 3.63) is 58.9 Å². The van der Waals surface area contributed by atoms with E-state index in [1.165, 1.54) is 30.8 Å². The summed E-state index contributed by atoms with van der Waals surface area (Å²) < 4.78 is 0. The second-order valence-corrected chi connectivity index (χ2v) is 6.42. The summed E-state index contributed by atoms with van der Waals surface area (Å²) in [6, 6.07) is 7.35. The molecule has 0 aliphatic heterocycles. The highest BCUT2D eigenvalue weighted by Crippen LogP contribution is 2.23. The third-order valence-electron chi connectivity index (χ3n) is 4.15. The molecule has 6 heteroatoms. The van der Waals surface area contributed by atoms with Gasteiger partial charge >= 0.3 is 0 Å². The zero-order chi connectivity index (χ0) is 17.5. The van der Waals surface area contributed by atoms with Gasteiger partial charge in [-0.15, -0.1) is 0 Å². The summed E-state index contributed by atoms with van der Waals surface area (Å²) in [4.78, 5) is 20.5. The van der Waals surface area contributed by atoms with Crippen LogP contribution in [0.3, 0.4) is 0 Å². The molecule has 0 spiro atoms. The van der Waals surface area contributed by atoms with Crippen LogP contribution < -0.4 is 10.6 Å². The minimum Gasteiger partial charge on any atom is -0.352 e. The normalized spacial score (nSPS) is 13.9. The number of halogens is 1. The van der Waals surface area contributed by atoms with Crippen molar-refractivity contribution in [2.24, 2.45) is 0 Å². The molecule has 2 aromatic rings. The molecule has 0 saturated heterocycles. The van der Waals surface area contributed by atoms with Gasteiger partial charge in [-0.25, -0.2) is 9.97 Å². The molecule has 1 heterocycles. The molecule has 0 atom stereocenters. The van der Waals surface area contributed by atoms with E-state index in [1.54, 1.807) is 6.07 Å². The fourth-order valence-electron chi connectivity index (χ4n) is 2.76. The van der Waals surface area contributed by atoms with Crippen LogP contribution in [0.2, 0.25) is 5.02 Å². The highest BCUT2D eigenvalue weighted by molar-refractivity contribution is 6.33. The average Bonchev–Trinajstić information content (AvgIpc) is 2.65. The van der Waals surface area contributed by atoms with Crippen LogP contribution in [0.15, 0.2) is 48.3 Å². The topological polar surface area (TPSA) is 66.9 Å². The molecule has 0 unspecified atom stereocenters. The molecule has 1 aliphatic rings. The minimum absolute atomic E-state index is 0.152. The van der Waals surface area contributed by atoms with Gasteiger partial charge in [0.05, 0.1) is 16.3 Å². The first-order valence-corrected chi connectivity index (χ1v) is 8.90. The van der Waals surface area contributed by atoms with Gasteiger partial charge in [-0.05, 0) is 44.2 Å². The number of amides is 1. The van der Waals surface area contributed by atoms with Crippen LogP contribution in [0.4, 0.5) is 11.6 Å². The lowest BCUT2D eigenvalue weighted by Crippen LogP contribution is -2.25. The second-order valence-electron chi connectivity index (χ2n) is 6.01. The first kappa shape index (κ1) is 17.4. The van der Waals surface area contributed by atoms with Crippen molar-refractivity contribution in [2.75, 3.05) is 11.9 Å². The maximum atomic E-state index is 12.2. The van der Waals surface area contributed by atoms with Crippen molar-refractivity contribution in [1.82, 2.24) is 15.3 Å². The van der Waals surface area contributed by atoms with E-state index in [-0.39, 0.29) is 5.91 Å². The molecule has 0 radical (unpaired) electrons. The predicted octanol–water partition coefficient (Wildman–Crippen LogP) is 4.49. The van der Waals surface area contributed by atoms with Gasteiger partial charge in [0.15, 0.2) is 0 Å². The Balaban J connectivity index is 1.52. The van der Waals surface area contributed by atoms with Crippen LogP contribution in [0.5, 0.6) is 0 Å². The Hall–Kier alpha value is -2.40. The summed E-state index contributed by atoms with van der Waals surface area (Å²) in [6.07, 6.45) is 11.1. The lowest BCUT2D eigenvalue weighted by atomic mass is 9.97. The molecule has 1 aliphatic carbocycles. The first-order valence-electron chi connectivity index (χ1n) is 8.52. The molecule has 25 heavy (non-hydrogen) atoms. The summed E-state index contributed by atoms with van der Waals surface area (Å²) in [7, 11) is 0. The number of benzene rings is 1. The van der Waals surface area contributed by atoms with Crippen LogP contribution in [-0.2, 0) is 0 Å². The van der Waals surface area contributed by atoms with E-state index >= 15 is 0 Å². The number of carbonyl (C=O) groups is 1. The van der Waals surface area contributed by atoms with E-state index < -0.39 is 0 Å². The quantitative estimate of drug-likeness (QED) is 0.748. The summed E-state index contributed by atoms with van der Waals surface area (Å²) in [5.41, 5.74) is 2.62. The van der Waals surface area contributed by atoms with E-state index in [0.29, 0.717) is 23.1 Å². The molecule has 1 aromatic carbocycles. The lowest BCUT2D eigenvalue weighted by molar-refractivity contribution is 0.0953. The molecular weight excluding hydrogens is 336 g/mol. The molecule has 130 valence electrons. The monoisotopic (exact) mass is 356 g/mol. The summed E-state index contributed by atoms with van der Waals surface area (Å²) in [5.74, 6) is 0.248. The molecule has 0 bridgehead atoms. The molecule has 2 N–H and O–H groups in total. The van der Waals surface area contributed by atoms with Crippen molar-refractivity contribution in [3.63, 3.8) is 0 Å². The molecule has 1 aromatic heterocycles. The zero-order valence-electron chi connectivity index (χ0n) is 14.0. The molecule has 5 nitrogen and oxygen atoms in total. The summed E-state index contributed by atoms with van der Waals surface area (Å²) >= 11 is 6.09. The van der Waals surface area contributed by atoms with E-state index in [4.69, 9.17) is 11.6 Å². The number of aromatic nitrogens is 2. The van der Waals surface area contributed by atoms with Crippen molar-refractivity contribution < 1.29 is 4.79 Å². The number of nitrogens with one attached hydrogen (secondary N) is 2. The van der Waals surface area contributed by atoms with Gasteiger partial charge in [0.1, 0.15) is 0 Å². The third kappa shape index (κ3) is 5.03. The van der Waals surface area contributed by atoms with Gasteiger partial charge < -0.3 is 10.6 Å². The number of nitrogens with zero attached hydrogens (tertiary/aromatic N) is 2. The van der Waals surface area contributed by atoms with E-state index in [2.05, 4.69) is 26.7 Å². The lowest BCUT2D eigenvalue weighted by Gasteiger charge is -2.13. The number of rotatable bonds is 6. The Morgan fingerprint density at radius 1 is 1.16 bits per heavy atom. The maximum absolute atomic E-state index is 12.2. The Kier molecular flexibility index (Phi) is 6.01. The van der Waals surface area contributed by atoms with Crippen molar-refractivity contribution >= 4 is 29.1 Å².